The Morgan fingerprint density at radius 1 is 1.47 bits per heavy atom. The fourth-order valence-electron chi connectivity index (χ4n) is 1.54. The molecular weight excluding hydrogens is 238 g/mol. The minimum absolute atomic E-state index is 0.395. The number of hydrogen-bond donors (Lipinski definition) is 1. The summed E-state index contributed by atoms with van der Waals surface area (Å²) in [5, 5.41) is 0.395. The lowest BCUT2D eigenvalue weighted by Crippen LogP contribution is -2.20. The first kappa shape index (κ1) is 11.7. The van der Waals surface area contributed by atoms with Crippen LogP contribution in [0.3, 0.4) is 0 Å². The number of hydrogen-bond acceptors (Lipinski definition) is 4. The fourth-order valence-corrected chi connectivity index (χ4v) is 1.75. The highest BCUT2D eigenvalue weighted by molar-refractivity contribution is 6.29. The Bertz CT molecular complexity index is 502. The van der Waals surface area contributed by atoms with E-state index in [0.717, 1.165) is 11.6 Å². The molecule has 0 unspecified atom stereocenters. The van der Waals surface area contributed by atoms with Crippen molar-refractivity contribution in [1.82, 2.24) is 14.5 Å². The molecule has 0 radical (unpaired) electrons. The monoisotopic (exact) mass is 251 g/mol. The first-order valence-electron chi connectivity index (χ1n) is 5.16. The van der Waals surface area contributed by atoms with E-state index in [2.05, 4.69) is 9.97 Å². The van der Waals surface area contributed by atoms with E-state index in [-0.39, 0.29) is 0 Å². The van der Waals surface area contributed by atoms with Crippen LogP contribution in [0.15, 0.2) is 24.5 Å². The van der Waals surface area contributed by atoms with E-state index in [4.69, 9.17) is 17.3 Å². The lowest BCUT2D eigenvalue weighted by Gasteiger charge is -2.18. The van der Waals surface area contributed by atoms with Crippen LogP contribution in [0.1, 0.15) is 5.82 Å². The van der Waals surface area contributed by atoms with Crippen molar-refractivity contribution in [2.24, 2.45) is 7.05 Å². The van der Waals surface area contributed by atoms with Crippen LogP contribution in [0, 0.1) is 0 Å². The standard InChI is InChI=1S/C11H14ClN5/c1-16-4-3-14-11(16)7-17(2)10-6-8(13)5-9(12)15-10/h3-6H,7H2,1-2H3,(H2,13,15). The van der Waals surface area contributed by atoms with Crippen molar-refractivity contribution >= 4 is 23.1 Å². The molecule has 2 N–H and O–H groups in total. The van der Waals surface area contributed by atoms with Crippen LogP contribution < -0.4 is 10.6 Å². The number of nitrogens with zero attached hydrogens (tertiary/aromatic N) is 4. The Hall–Kier alpha value is -1.75. The Morgan fingerprint density at radius 2 is 2.24 bits per heavy atom. The van der Waals surface area contributed by atoms with Gasteiger partial charge in [-0.1, -0.05) is 11.6 Å². The minimum Gasteiger partial charge on any atom is -0.399 e. The second kappa shape index (κ2) is 4.63. The molecule has 0 fully saturated rings. The molecule has 6 heteroatoms. The van der Waals surface area contributed by atoms with Crippen LogP contribution in [-0.2, 0) is 13.6 Å². The maximum atomic E-state index is 5.87. The summed E-state index contributed by atoms with van der Waals surface area (Å²) in [4.78, 5) is 10.4. The van der Waals surface area contributed by atoms with E-state index in [9.17, 15) is 0 Å². The minimum atomic E-state index is 0.395. The Kier molecular flexibility index (Phi) is 3.19. The molecule has 2 rings (SSSR count). The number of aryl methyl sites for hydroxylation is 1. The molecule has 0 spiro atoms. The third-order valence-corrected chi connectivity index (χ3v) is 2.69. The molecule has 0 aliphatic carbocycles. The maximum absolute atomic E-state index is 5.87. The predicted molar refractivity (Wildman–Crippen MR) is 69.0 cm³/mol. The highest BCUT2D eigenvalue weighted by Gasteiger charge is 2.08. The highest BCUT2D eigenvalue weighted by Crippen LogP contribution is 2.19. The van der Waals surface area contributed by atoms with Crippen LogP contribution in [0.25, 0.3) is 0 Å². The van der Waals surface area contributed by atoms with Crippen LogP contribution in [0.2, 0.25) is 5.15 Å². The van der Waals surface area contributed by atoms with E-state index in [1.807, 2.05) is 29.8 Å². The summed E-state index contributed by atoms with van der Waals surface area (Å²) in [5.41, 5.74) is 6.33. The molecule has 17 heavy (non-hydrogen) atoms. The van der Waals surface area contributed by atoms with E-state index < -0.39 is 0 Å². The lowest BCUT2D eigenvalue weighted by atomic mass is 10.3. The van der Waals surface area contributed by atoms with Crippen molar-refractivity contribution in [2.45, 2.75) is 6.54 Å². The van der Waals surface area contributed by atoms with E-state index >= 15 is 0 Å². The van der Waals surface area contributed by atoms with Gasteiger partial charge in [0, 0.05) is 38.2 Å². The Labute approximate surface area is 105 Å². The van der Waals surface area contributed by atoms with E-state index in [1.165, 1.54) is 0 Å². The zero-order valence-electron chi connectivity index (χ0n) is 9.76. The van der Waals surface area contributed by atoms with Crippen molar-refractivity contribution in [2.75, 3.05) is 17.7 Å². The summed E-state index contributed by atoms with van der Waals surface area (Å²) in [6, 6.07) is 3.41. The lowest BCUT2D eigenvalue weighted by molar-refractivity contribution is 0.755. The third-order valence-electron chi connectivity index (χ3n) is 2.49. The van der Waals surface area contributed by atoms with Crippen molar-refractivity contribution < 1.29 is 0 Å². The van der Waals surface area contributed by atoms with Crippen molar-refractivity contribution in [1.29, 1.82) is 0 Å². The summed E-state index contributed by atoms with van der Waals surface area (Å²) < 4.78 is 1.96. The number of halogens is 1. The topological polar surface area (TPSA) is 60.0 Å². The van der Waals surface area contributed by atoms with Gasteiger partial charge in [-0.05, 0) is 6.07 Å². The molecule has 2 heterocycles. The zero-order valence-corrected chi connectivity index (χ0v) is 10.5. The Morgan fingerprint density at radius 3 is 2.82 bits per heavy atom. The molecule has 2 aromatic heterocycles. The fraction of sp³-hybridized carbons (Fsp3) is 0.273. The highest BCUT2D eigenvalue weighted by atomic mass is 35.5. The van der Waals surface area contributed by atoms with E-state index in [1.54, 1.807) is 18.3 Å². The largest absolute Gasteiger partial charge is 0.399 e. The van der Waals surface area contributed by atoms with Gasteiger partial charge < -0.3 is 15.2 Å². The molecule has 0 atom stereocenters. The molecule has 5 nitrogen and oxygen atoms in total. The van der Waals surface area contributed by atoms with Crippen molar-refractivity contribution in [3.8, 4) is 0 Å². The predicted octanol–water partition coefficient (Wildman–Crippen LogP) is 1.69. The second-order valence-electron chi connectivity index (χ2n) is 3.89. The first-order chi connectivity index (χ1) is 8.06. The number of aromatic nitrogens is 3. The number of imidazole rings is 1. The molecule has 0 saturated heterocycles. The molecule has 90 valence electrons. The normalized spacial score (nSPS) is 10.5. The summed E-state index contributed by atoms with van der Waals surface area (Å²) in [6.45, 7) is 0.649. The van der Waals surface area contributed by atoms with Gasteiger partial charge in [-0.2, -0.15) is 0 Å². The summed E-state index contributed by atoms with van der Waals surface area (Å²) in [5.74, 6) is 1.69. The van der Waals surface area contributed by atoms with Gasteiger partial charge in [0.2, 0.25) is 0 Å². The van der Waals surface area contributed by atoms with Crippen LogP contribution >= 0.6 is 11.6 Å². The number of rotatable bonds is 3. The molecule has 0 aliphatic heterocycles. The second-order valence-corrected chi connectivity index (χ2v) is 4.28. The van der Waals surface area contributed by atoms with Crippen molar-refractivity contribution in [3.63, 3.8) is 0 Å². The van der Waals surface area contributed by atoms with Gasteiger partial charge >= 0.3 is 0 Å². The molecule has 2 aromatic rings. The average Bonchev–Trinajstić information content (AvgIpc) is 2.63. The molecule has 0 amide bonds. The number of anilines is 2. The number of nitrogen functional groups attached to an aromatic ring is 1. The van der Waals surface area contributed by atoms with Gasteiger partial charge in [0.1, 0.15) is 16.8 Å². The van der Waals surface area contributed by atoms with Gasteiger partial charge in [-0.3, -0.25) is 0 Å². The van der Waals surface area contributed by atoms with Crippen LogP contribution in [0.4, 0.5) is 11.5 Å². The van der Waals surface area contributed by atoms with Gasteiger partial charge in [-0.15, -0.1) is 0 Å². The number of pyridine rings is 1. The maximum Gasteiger partial charge on any atom is 0.133 e. The number of nitrogens with two attached hydrogens (primary N) is 1. The summed E-state index contributed by atoms with van der Waals surface area (Å²) >= 11 is 5.87. The van der Waals surface area contributed by atoms with Gasteiger partial charge in [-0.25, -0.2) is 9.97 Å². The summed E-state index contributed by atoms with van der Waals surface area (Å²) in [7, 11) is 3.88. The molecule has 0 saturated carbocycles. The average molecular weight is 252 g/mol. The zero-order chi connectivity index (χ0) is 12.4. The quantitative estimate of drug-likeness (QED) is 0.844. The molecule has 0 bridgehead atoms. The molecule has 0 aromatic carbocycles. The van der Waals surface area contributed by atoms with E-state index in [0.29, 0.717) is 17.4 Å². The van der Waals surface area contributed by atoms with Gasteiger partial charge in [0.25, 0.3) is 0 Å². The summed E-state index contributed by atoms with van der Waals surface area (Å²) in [6.07, 6.45) is 3.67. The van der Waals surface area contributed by atoms with Crippen molar-refractivity contribution in [3.05, 3.63) is 35.5 Å². The smallest absolute Gasteiger partial charge is 0.133 e. The third kappa shape index (κ3) is 2.68. The van der Waals surface area contributed by atoms with Gasteiger partial charge in [0.15, 0.2) is 0 Å². The SMILES string of the molecule is CN(Cc1nccn1C)c1cc(N)cc(Cl)n1. The van der Waals surface area contributed by atoms with Gasteiger partial charge in [0.05, 0.1) is 6.54 Å². The van der Waals surface area contributed by atoms with Crippen LogP contribution in [-0.4, -0.2) is 21.6 Å². The molecular formula is C11H14ClN5. The first-order valence-corrected chi connectivity index (χ1v) is 5.54. The van der Waals surface area contributed by atoms with Crippen LogP contribution in [0.5, 0.6) is 0 Å². The molecule has 0 aliphatic rings. The Balaban J connectivity index is 2.20.